The standard InChI is InChI=1S/C21H25NO4/c1-24-17-6-4-16(5-7-17)18-8-9-19(26-18)20(23)22-13-2-10-21(12-14-22)11-3-15-25-21/h4-9H,2-3,10-15H2,1H3/t21-/m0/s1. The fourth-order valence-corrected chi connectivity index (χ4v) is 4.04. The van der Waals surface area contributed by atoms with Gasteiger partial charge in [-0.3, -0.25) is 4.79 Å². The zero-order chi connectivity index (χ0) is 18.0. The Morgan fingerprint density at radius 3 is 2.58 bits per heavy atom. The monoisotopic (exact) mass is 355 g/mol. The number of nitrogens with zero attached hydrogens (tertiary/aromatic N) is 1. The molecule has 4 rings (SSSR count). The van der Waals surface area contributed by atoms with Crippen LogP contribution in [-0.4, -0.2) is 43.2 Å². The van der Waals surface area contributed by atoms with E-state index >= 15 is 0 Å². The Kier molecular flexibility index (Phi) is 4.72. The lowest BCUT2D eigenvalue weighted by atomic mass is 9.92. The number of benzene rings is 1. The summed E-state index contributed by atoms with van der Waals surface area (Å²) in [6.07, 6.45) is 5.21. The summed E-state index contributed by atoms with van der Waals surface area (Å²) in [7, 11) is 1.64. The molecule has 5 nitrogen and oxygen atoms in total. The minimum absolute atomic E-state index is 0.00640. The molecular weight excluding hydrogens is 330 g/mol. The summed E-state index contributed by atoms with van der Waals surface area (Å²) < 4.78 is 17.0. The molecule has 1 amide bonds. The number of furan rings is 1. The van der Waals surface area contributed by atoms with Gasteiger partial charge in [-0.05, 0) is 68.5 Å². The summed E-state index contributed by atoms with van der Waals surface area (Å²) in [5.41, 5.74) is 0.936. The lowest BCUT2D eigenvalue weighted by molar-refractivity contribution is -0.00697. The Morgan fingerprint density at radius 1 is 1.04 bits per heavy atom. The third-order valence-electron chi connectivity index (χ3n) is 5.56. The number of amides is 1. The van der Waals surface area contributed by atoms with Gasteiger partial charge < -0.3 is 18.8 Å². The molecule has 26 heavy (non-hydrogen) atoms. The van der Waals surface area contributed by atoms with Crippen LogP contribution in [0.4, 0.5) is 0 Å². The van der Waals surface area contributed by atoms with Crippen molar-refractivity contribution in [2.24, 2.45) is 0 Å². The Hall–Kier alpha value is -2.27. The first-order valence-electron chi connectivity index (χ1n) is 9.37. The van der Waals surface area contributed by atoms with Crippen LogP contribution in [0.15, 0.2) is 40.8 Å². The average molecular weight is 355 g/mol. The van der Waals surface area contributed by atoms with Gasteiger partial charge in [0.15, 0.2) is 5.76 Å². The van der Waals surface area contributed by atoms with Crippen molar-refractivity contribution < 1.29 is 18.7 Å². The molecule has 0 bridgehead atoms. The number of rotatable bonds is 3. The van der Waals surface area contributed by atoms with Crippen LogP contribution in [0, 0.1) is 0 Å². The lowest BCUT2D eigenvalue weighted by Gasteiger charge is -2.26. The molecule has 1 atom stereocenters. The van der Waals surface area contributed by atoms with Crippen LogP contribution in [0.25, 0.3) is 11.3 Å². The highest BCUT2D eigenvalue weighted by Crippen LogP contribution is 2.36. The van der Waals surface area contributed by atoms with E-state index in [1.807, 2.05) is 35.2 Å². The second-order valence-electron chi connectivity index (χ2n) is 7.17. The molecule has 0 saturated carbocycles. The third kappa shape index (κ3) is 3.36. The van der Waals surface area contributed by atoms with E-state index in [0.717, 1.165) is 63.1 Å². The van der Waals surface area contributed by atoms with Crippen molar-refractivity contribution in [2.45, 2.75) is 37.7 Å². The number of carbonyl (C=O) groups is 1. The maximum absolute atomic E-state index is 12.9. The summed E-state index contributed by atoms with van der Waals surface area (Å²) in [6.45, 7) is 2.36. The van der Waals surface area contributed by atoms with Crippen molar-refractivity contribution in [3.8, 4) is 17.1 Å². The minimum Gasteiger partial charge on any atom is -0.497 e. The van der Waals surface area contributed by atoms with Crippen molar-refractivity contribution in [1.29, 1.82) is 0 Å². The summed E-state index contributed by atoms with van der Waals surface area (Å²) >= 11 is 0. The molecule has 0 aliphatic carbocycles. The molecule has 2 aliphatic heterocycles. The highest BCUT2D eigenvalue weighted by Gasteiger charge is 2.37. The highest BCUT2D eigenvalue weighted by molar-refractivity contribution is 5.92. The van der Waals surface area contributed by atoms with Gasteiger partial charge in [-0.25, -0.2) is 0 Å². The van der Waals surface area contributed by atoms with Gasteiger partial charge in [-0.1, -0.05) is 0 Å². The van der Waals surface area contributed by atoms with E-state index < -0.39 is 0 Å². The molecule has 1 aromatic heterocycles. The van der Waals surface area contributed by atoms with Gasteiger partial charge in [0.05, 0.1) is 12.7 Å². The largest absolute Gasteiger partial charge is 0.497 e. The topological polar surface area (TPSA) is 51.9 Å². The van der Waals surface area contributed by atoms with Gasteiger partial charge in [0.25, 0.3) is 5.91 Å². The molecule has 0 unspecified atom stereocenters. The zero-order valence-corrected chi connectivity index (χ0v) is 15.2. The molecule has 2 aromatic rings. The van der Waals surface area contributed by atoms with Crippen molar-refractivity contribution in [3.05, 3.63) is 42.2 Å². The fourth-order valence-electron chi connectivity index (χ4n) is 4.04. The number of likely N-dealkylation sites (tertiary alicyclic amines) is 1. The second kappa shape index (κ2) is 7.16. The van der Waals surface area contributed by atoms with E-state index in [0.29, 0.717) is 11.5 Å². The van der Waals surface area contributed by atoms with Gasteiger partial charge in [0, 0.05) is 25.3 Å². The number of ether oxygens (including phenoxy) is 2. The van der Waals surface area contributed by atoms with Crippen molar-refractivity contribution >= 4 is 5.91 Å². The quantitative estimate of drug-likeness (QED) is 0.831. The number of hydrogen-bond acceptors (Lipinski definition) is 4. The van der Waals surface area contributed by atoms with Crippen molar-refractivity contribution in [1.82, 2.24) is 4.90 Å². The molecule has 1 aromatic carbocycles. The Labute approximate surface area is 153 Å². The van der Waals surface area contributed by atoms with Gasteiger partial charge in [0.1, 0.15) is 11.5 Å². The Bertz CT molecular complexity index is 759. The van der Waals surface area contributed by atoms with Crippen LogP contribution in [0.5, 0.6) is 5.75 Å². The summed E-state index contributed by atoms with van der Waals surface area (Å²) in [4.78, 5) is 14.8. The van der Waals surface area contributed by atoms with Crippen LogP contribution >= 0.6 is 0 Å². The molecule has 5 heteroatoms. The number of methoxy groups -OCH3 is 1. The Balaban J connectivity index is 1.45. The smallest absolute Gasteiger partial charge is 0.289 e. The van der Waals surface area contributed by atoms with E-state index in [9.17, 15) is 4.79 Å². The maximum atomic E-state index is 12.9. The van der Waals surface area contributed by atoms with Crippen molar-refractivity contribution in [3.63, 3.8) is 0 Å². The Morgan fingerprint density at radius 2 is 1.85 bits per heavy atom. The van der Waals surface area contributed by atoms with E-state index in [2.05, 4.69) is 0 Å². The normalized spacial score (nSPS) is 23.2. The molecule has 3 heterocycles. The van der Waals surface area contributed by atoms with E-state index in [1.165, 1.54) is 0 Å². The van der Waals surface area contributed by atoms with E-state index in [1.54, 1.807) is 13.2 Å². The summed E-state index contributed by atoms with van der Waals surface area (Å²) in [5.74, 6) is 1.87. The molecule has 2 fully saturated rings. The lowest BCUT2D eigenvalue weighted by Crippen LogP contribution is -2.34. The zero-order valence-electron chi connectivity index (χ0n) is 15.2. The first-order valence-corrected chi connectivity index (χ1v) is 9.37. The predicted octanol–water partition coefficient (Wildman–Crippen LogP) is 4.13. The van der Waals surface area contributed by atoms with E-state index in [4.69, 9.17) is 13.9 Å². The average Bonchev–Trinajstić information content (AvgIpc) is 3.29. The molecule has 2 saturated heterocycles. The molecule has 0 N–H and O–H groups in total. The highest BCUT2D eigenvalue weighted by atomic mass is 16.5. The molecule has 1 spiro atoms. The van der Waals surface area contributed by atoms with Gasteiger partial charge in [0.2, 0.25) is 0 Å². The first-order chi connectivity index (χ1) is 12.7. The summed E-state index contributed by atoms with van der Waals surface area (Å²) in [6, 6.07) is 11.3. The fraction of sp³-hybridized carbons (Fsp3) is 0.476. The van der Waals surface area contributed by atoms with Crippen LogP contribution < -0.4 is 4.74 Å². The molecular formula is C21H25NO4. The summed E-state index contributed by atoms with van der Waals surface area (Å²) in [5, 5.41) is 0. The number of hydrogen-bond donors (Lipinski definition) is 0. The maximum Gasteiger partial charge on any atom is 0.289 e. The van der Waals surface area contributed by atoms with Gasteiger partial charge in [-0.15, -0.1) is 0 Å². The van der Waals surface area contributed by atoms with Gasteiger partial charge >= 0.3 is 0 Å². The third-order valence-corrected chi connectivity index (χ3v) is 5.56. The van der Waals surface area contributed by atoms with Gasteiger partial charge in [-0.2, -0.15) is 0 Å². The van der Waals surface area contributed by atoms with Crippen LogP contribution in [-0.2, 0) is 4.74 Å². The molecule has 0 radical (unpaired) electrons. The first kappa shape index (κ1) is 17.2. The molecule has 2 aliphatic rings. The second-order valence-corrected chi connectivity index (χ2v) is 7.17. The minimum atomic E-state index is -0.0280. The van der Waals surface area contributed by atoms with Crippen LogP contribution in [0.2, 0.25) is 0 Å². The molecule has 138 valence electrons. The predicted molar refractivity (Wildman–Crippen MR) is 98.4 cm³/mol. The van der Waals surface area contributed by atoms with Crippen LogP contribution in [0.3, 0.4) is 0 Å². The van der Waals surface area contributed by atoms with Crippen molar-refractivity contribution in [2.75, 3.05) is 26.8 Å². The van der Waals surface area contributed by atoms with Crippen LogP contribution in [0.1, 0.15) is 42.7 Å². The number of carbonyl (C=O) groups excluding carboxylic acids is 1. The van der Waals surface area contributed by atoms with E-state index in [-0.39, 0.29) is 11.5 Å². The SMILES string of the molecule is COc1ccc(-c2ccc(C(=O)N3CCC[C@]4(CCCO4)CC3)o2)cc1.